The molecular weight excluding hydrogens is 438 g/mol. The van der Waals surface area contributed by atoms with Crippen molar-refractivity contribution in [2.45, 2.75) is 44.7 Å². The number of fused-ring (bicyclic) bond motifs is 1. The second-order valence-corrected chi connectivity index (χ2v) is 9.34. The molecule has 2 aliphatic rings. The Kier molecular flexibility index (Phi) is 6.94. The molecule has 0 saturated heterocycles. The predicted molar refractivity (Wildman–Crippen MR) is 122 cm³/mol. The lowest BCUT2D eigenvalue weighted by Gasteiger charge is -2.25. The molecule has 0 bridgehead atoms. The van der Waals surface area contributed by atoms with Crippen LogP contribution in [-0.4, -0.2) is 48.1 Å². The van der Waals surface area contributed by atoms with E-state index < -0.39 is 0 Å². The van der Waals surface area contributed by atoms with E-state index in [9.17, 15) is 9.59 Å². The minimum Gasteiger partial charge on any atom is -0.495 e. The van der Waals surface area contributed by atoms with Crippen LogP contribution in [0, 0.1) is 0 Å². The van der Waals surface area contributed by atoms with Crippen LogP contribution in [0.1, 0.15) is 36.3 Å². The summed E-state index contributed by atoms with van der Waals surface area (Å²) in [6.45, 7) is 1.60. The number of benzene rings is 1. The molecule has 166 valence electrons. The van der Waals surface area contributed by atoms with Crippen molar-refractivity contribution >= 4 is 45.7 Å². The third kappa shape index (κ3) is 5.66. The Morgan fingerprint density at radius 2 is 2.10 bits per heavy atom. The summed E-state index contributed by atoms with van der Waals surface area (Å²) in [4.78, 5) is 32.5. The molecule has 0 radical (unpaired) electrons. The van der Waals surface area contributed by atoms with Gasteiger partial charge in [0.2, 0.25) is 5.91 Å². The van der Waals surface area contributed by atoms with Gasteiger partial charge in [-0.1, -0.05) is 24.4 Å². The van der Waals surface area contributed by atoms with Crippen LogP contribution in [0.3, 0.4) is 0 Å². The van der Waals surface area contributed by atoms with Crippen LogP contribution >= 0.6 is 22.9 Å². The van der Waals surface area contributed by atoms with Gasteiger partial charge in [-0.05, 0) is 31.0 Å². The second kappa shape index (κ2) is 9.84. The molecule has 1 fully saturated rings. The van der Waals surface area contributed by atoms with Gasteiger partial charge in [-0.25, -0.2) is 9.78 Å². The fourth-order valence-electron chi connectivity index (χ4n) is 4.00. The predicted octanol–water partition coefficient (Wildman–Crippen LogP) is 3.87. The monoisotopic (exact) mass is 463 g/mol. The lowest BCUT2D eigenvalue weighted by molar-refractivity contribution is -0.117. The second-order valence-electron chi connectivity index (χ2n) is 7.82. The number of nitrogens with zero attached hydrogens (tertiary/aromatic N) is 2. The van der Waals surface area contributed by atoms with Gasteiger partial charge in [0.1, 0.15) is 5.75 Å². The van der Waals surface area contributed by atoms with Crippen LogP contribution in [0.5, 0.6) is 5.75 Å². The number of halogens is 1. The molecule has 1 aliphatic carbocycles. The zero-order valence-corrected chi connectivity index (χ0v) is 18.9. The Morgan fingerprint density at radius 1 is 1.29 bits per heavy atom. The SMILES string of the molecule is COc1ccc(Cl)cc1NC(=O)CN1CCc2nc(NC(=O)NC3CCCC3)sc2C1. The lowest BCUT2D eigenvalue weighted by atomic mass is 10.2. The van der Waals surface area contributed by atoms with E-state index >= 15 is 0 Å². The summed E-state index contributed by atoms with van der Waals surface area (Å²) in [6.07, 6.45) is 5.17. The fourth-order valence-corrected chi connectivity index (χ4v) is 5.21. The first-order chi connectivity index (χ1) is 15.0. The molecule has 8 nitrogen and oxygen atoms in total. The van der Waals surface area contributed by atoms with Crippen LogP contribution in [0.25, 0.3) is 0 Å². The van der Waals surface area contributed by atoms with E-state index in [4.69, 9.17) is 16.3 Å². The average Bonchev–Trinajstić information content (AvgIpc) is 3.37. The number of carbonyl (C=O) groups excluding carboxylic acids is 2. The molecule has 2 heterocycles. The summed E-state index contributed by atoms with van der Waals surface area (Å²) < 4.78 is 5.28. The first kappa shape index (κ1) is 21.9. The number of anilines is 2. The summed E-state index contributed by atoms with van der Waals surface area (Å²) in [7, 11) is 1.55. The number of hydrogen-bond acceptors (Lipinski definition) is 6. The molecule has 1 aromatic heterocycles. The van der Waals surface area contributed by atoms with Crippen LogP contribution in [0.4, 0.5) is 15.6 Å². The highest BCUT2D eigenvalue weighted by molar-refractivity contribution is 7.15. The van der Waals surface area contributed by atoms with E-state index in [0.717, 1.165) is 36.4 Å². The smallest absolute Gasteiger partial charge is 0.321 e. The Labute approximate surface area is 190 Å². The van der Waals surface area contributed by atoms with Crippen molar-refractivity contribution in [1.82, 2.24) is 15.2 Å². The molecule has 3 N–H and O–H groups in total. The van der Waals surface area contributed by atoms with Crippen molar-refractivity contribution in [3.05, 3.63) is 33.8 Å². The first-order valence-electron chi connectivity index (χ1n) is 10.4. The molecule has 10 heteroatoms. The van der Waals surface area contributed by atoms with Gasteiger partial charge >= 0.3 is 6.03 Å². The topological polar surface area (TPSA) is 95.6 Å². The van der Waals surface area contributed by atoms with Gasteiger partial charge in [0.05, 0.1) is 25.0 Å². The van der Waals surface area contributed by atoms with E-state index in [2.05, 4.69) is 25.8 Å². The van der Waals surface area contributed by atoms with E-state index in [-0.39, 0.29) is 24.5 Å². The minimum absolute atomic E-state index is 0.136. The van der Waals surface area contributed by atoms with Gasteiger partial charge in [0.15, 0.2) is 5.13 Å². The van der Waals surface area contributed by atoms with Gasteiger partial charge in [-0.3, -0.25) is 15.0 Å². The van der Waals surface area contributed by atoms with Gasteiger partial charge in [0.25, 0.3) is 0 Å². The lowest BCUT2D eigenvalue weighted by Crippen LogP contribution is -2.36. The van der Waals surface area contributed by atoms with E-state index in [1.165, 1.54) is 24.2 Å². The van der Waals surface area contributed by atoms with Gasteiger partial charge in [0, 0.05) is 35.5 Å². The van der Waals surface area contributed by atoms with Crippen LogP contribution in [0.15, 0.2) is 18.2 Å². The molecule has 1 aromatic carbocycles. The highest BCUT2D eigenvalue weighted by Crippen LogP contribution is 2.30. The van der Waals surface area contributed by atoms with Crippen molar-refractivity contribution in [2.75, 3.05) is 30.8 Å². The molecular formula is C21H26ClN5O3S. The molecule has 0 atom stereocenters. The number of carbonyl (C=O) groups is 2. The van der Waals surface area contributed by atoms with Crippen molar-refractivity contribution in [2.24, 2.45) is 0 Å². The minimum atomic E-state index is -0.190. The largest absolute Gasteiger partial charge is 0.495 e. The molecule has 1 saturated carbocycles. The molecule has 2 aromatic rings. The Morgan fingerprint density at radius 3 is 2.87 bits per heavy atom. The summed E-state index contributed by atoms with van der Waals surface area (Å²) in [5.74, 6) is 0.426. The fraction of sp³-hybridized carbons (Fsp3) is 0.476. The molecule has 1 aliphatic heterocycles. The van der Waals surface area contributed by atoms with E-state index in [1.807, 2.05) is 0 Å². The number of nitrogens with one attached hydrogen (secondary N) is 3. The first-order valence-corrected chi connectivity index (χ1v) is 11.6. The number of amides is 3. The van der Waals surface area contributed by atoms with Crippen LogP contribution in [0.2, 0.25) is 5.02 Å². The molecule has 0 unspecified atom stereocenters. The maximum absolute atomic E-state index is 12.6. The third-order valence-corrected chi connectivity index (χ3v) is 6.76. The van der Waals surface area contributed by atoms with Crippen molar-refractivity contribution < 1.29 is 14.3 Å². The highest BCUT2D eigenvalue weighted by atomic mass is 35.5. The van der Waals surface area contributed by atoms with Crippen LogP contribution < -0.4 is 20.7 Å². The summed E-state index contributed by atoms with van der Waals surface area (Å²) in [5, 5.41) is 9.88. The summed E-state index contributed by atoms with van der Waals surface area (Å²) in [6, 6.07) is 5.18. The zero-order valence-electron chi connectivity index (χ0n) is 17.4. The maximum Gasteiger partial charge on any atom is 0.321 e. The highest BCUT2D eigenvalue weighted by Gasteiger charge is 2.24. The van der Waals surface area contributed by atoms with Gasteiger partial charge in [-0.2, -0.15) is 0 Å². The van der Waals surface area contributed by atoms with E-state index in [0.29, 0.717) is 28.1 Å². The molecule has 31 heavy (non-hydrogen) atoms. The van der Waals surface area contributed by atoms with Gasteiger partial charge in [-0.15, -0.1) is 11.3 Å². The average molecular weight is 464 g/mol. The van der Waals surface area contributed by atoms with Gasteiger partial charge < -0.3 is 15.4 Å². The number of urea groups is 1. The van der Waals surface area contributed by atoms with Crippen molar-refractivity contribution in [3.8, 4) is 5.75 Å². The third-order valence-electron chi connectivity index (χ3n) is 5.52. The normalized spacial score (nSPS) is 16.6. The number of aromatic nitrogens is 1. The summed E-state index contributed by atoms with van der Waals surface area (Å²) >= 11 is 7.50. The molecule has 4 rings (SSSR count). The van der Waals surface area contributed by atoms with Crippen molar-refractivity contribution in [3.63, 3.8) is 0 Å². The number of ether oxygens (including phenoxy) is 1. The number of hydrogen-bond donors (Lipinski definition) is 3. The van der Waals surface area contributed by atoms with Crippen LogP contribution in [-0.2, 0) is 17.8 Å². The Hall–Kier alpha value is -2.36. The Bertz CT molecular complexity index is 960. The number of thiazole rings is 1. The van der Waals surface area contributed by atoms with Crippen molar-refractivity contribution in [1.29, 1.82) is 0 Å². The number of rotatable bonds is 6. The molecule has 3 amide bonds. The summed E-state index contributed by atoms with van der Waals surface area (Å²) in [5.41, 5.74) is 1.55. The zero-order chi connectivity index (χ0) is 21.8. The maximum atomic E-state index is 12.6. The Balaban J connectivity index is 1.31. The number of methoxy groups -OCH3 is 1. The standard InChI is InChI=1S/C21H26ClN5O3S/c1-30-17-7-6-13(22)10-16(17)24-19(28)12-27-9-8-15-18(11-27)31-21(25-15)26-20(29)23-14-4-2-3-5-14/h6-7,10,14H,2-5,8-9,11-12H2,1H3,(H,24,28)(H2,23,25,26,29). The van der Waals surface area contributed by atoms with E-state index in [1.54, 1.807) is 25.3 Å². The molecule has 0 spiro atoms. The quantitative estimate of drug-likeness (QED) is 0.604.